The topological polar surface area (TPSA) is 96.0 Å². The molecule has 160 valence electrons. The van der Waals surface area contributed by atoms with E-state index in [-0.39, 0.29) is 11.8 Å². The Morgan fingerprint density at radius 3 is 2.53 bits per heavy atom. The van der Waals surface area contributed by atoms with Crippen LogP contribution in [0.3, 0.4) is 0 Å². The molecule has 0 unspecified atom stereocenters. The highest BCUT2D eigenvalue weighted by atomic mass is 79.9. The molecule has 3 N–H and O–H groups in total. The molecule has 0 saturated heterocycles. The zero-order chi connectivity index (χ0) is 22.7. The second kappa shape index (κ2) is 9.15. The van der Waals surface area contributed by atoms with Crippen molar-refractivity contribution in [1.82, 2.24) is 15.3 Å². The molecule has 2 amide bonds. The first-order valence-corrected chi connectivity index (χ1v) is 10.7. The number of fused-ring (bicyclic) bond motifs is 1. The standard InChI is InChI=1S/C24H20BrN5O2/c1-14-6-3-4-8-19(14)29-22-20(12-15(13-28-22)23(31)26-2)30-24(32)17-9-10-18(25)16-7-5-11-27-21(16)17/h3-13H,1-2H3,(H,26,31)(H,28,29)(H,30,32). The summed E-state index contributed by atoms with van der Waals surface area (Å²) in [5.41, 5.74) is 3.56. The fourth-order valence-corrected chi connectivity index (χ4v) is 3.73. The molecule has 0 radical (unpaired) electrons. The van der Waals surface area contributed by atoms with E-state index in [0.29, 0.717) is 28.1 Å². The summed E-state index contributed by atoms with van der Waals surface area (Å²) in [6.45, 7) is 1.97. The normalized spacial score (nSPS) is 10.6. The molecule has 2 heterocycles. The van der Waals surface area contributed by atoms with E-state index in [0.717, 1.165) is 21.1 Å². The number of amides is 2. The average molecular weight is 490 g/mol. The maximum Gasteiger partial charge on any atom is 0.257 e. The Kier molecular flexibility index (Phi) is 6.13. The lowest BCUT2D eigenvalue weighted by atomic mass is 10.1. The second-order valence-electron chi connectivity index (χ2n) is 7.09. The van der Waals surface area contributed by atoms with Crippen molar-refractivity contribution in [2.75, 3.05) is 17.7 Å². The third-order valence-electron chi connectivity index (χ3n) is 4.98. The van der Waals surface area contributed by atoms with Gasteiger partial charge >= 0.3 is 0 Å². The minimum absolute atomic E-state index is 0.300. The maximum absolute atomic E-state index is 13.2. The Bertz CT molecular complexity index is 1340. The number of carbonyl (C=O) groups excluding carboxylic acids is 2. The number of hydrogen-bond acceptors (Lipinski definition) is 5. The number of nitrogens with one attached hydrogen (secondary N) is 3. The van der Waals surface area contributed by atoms with Gasteiger partial charge < -0.3 is 16.0 Å². The first kappa shape index (κ1) is 21.5. The van der Waals surface area contributed by atoms with Gasteiger partial charge in [-0.05, 0) is 42.8 Å². The molecule has 0 atom stereocenters. The van der Waals surface area contributed by atoms with E-state index >= 15 is 0 Å². The smallest absolute Gasteiger partial charge is 0.257 e. The Morgan fingerprint density at radius 2 is 1.75 bits per heavy atom. The molecule has 0 spiro atoms. The molecule has 0 aliphatic carbocycles. The molecule has 8 heteroatoms. The molecule has 0 saturated carbocycles. The summed E-state index contributed by atoms with van der Waals surface area (Å²) in [4.78, 5) is 34.2. The van der Waals surface area contributed by atoms with E-state index in [4.69, 9.17) is 0 Å². The Labute approximate surface area is 193 Å². The summed E-state index contributed by atoms with van der Waals surface area (Å²) >= 11 is 3.50. The van der Waals surface area contributed by atoms with Crippen molar-refractivity contribution < 1.29 is 9.59 Å². The van der Waals surface area contributed by atoms with Gasteiger partial charge in [-0.3, -0.25) is 14.6 Å². The molecule has 0 bridgehead atoms. The van der Waals surface area contributed by atoms with Crippen LogP contribution in [0.2, 0.25) is 0 Å². The molecule has 4 rings (SSSR count). The van der Waals surface area contributed by atoms with E-state index in [9.17, 15) is 9.59 Å². The molecule has 4 aromatic rings. The summed E-state index contributed by atoms with van der Waals surface area (Å²) in [6.07, 6.45) is 3.11. The van der Waals surface area contributed by atoms with Gasteiger partial charge in [0.2, 0.25) is 0 Å². The van der Waals surface area contributed by atoms with Gasteiger partial charge in [0.1, 0.15) is 0 Å². The molecular weight excluding hydrogens is 470 g/mol. The van der Waals surface area contributed by atoms with Crippen molar-refractivity contribution in [3.63, 3.8) is 0 Å². The first-order chi connectivity index (χ1) is 15.5. The van der Waals surface area contributed by atoms with Gasteiger partial charge in [0.25, 0.3) is 11.8 Å². The van der Waals surface area contributed by atoms with Crippen LogP contribution in [0.15, 0.2) is 71.5 Å². The number of hydrogen-bond donors (Lipinski definition) is 3. The number of pyridine rings is 2. The van der Waals surface area contributed by atoms with E-state index in [1.807, 2.05) is 49.4 Å². The summed E-state index contributed by atoms with van der Waals surface area (Å²) in [7, 11) is 1.54. The van der Waals surface area contributed by atoms with Gasteiger partial charge in [-0.1, -0.05) is 40.2 Å². The van der Waals surface area contributed by atoms with E-state index < -0.39 is 0 Å². The zero-order valence-electron chi connectivity index (χ0n) is 17.4. The van der Waals surface area contributed by atoms with Crippen LogP contribution in [-0.2, 0) is 0 Å². The van der Waals surface area contributed by atoms with Crippen molar-refractivity contribution in [3.8, 4) is 0 Å². The molecule has 32 heavy (non-hydrogen) atoms. The number of carbonyl (C=O) groups is 2. The number of para-hydroxylation sites is 1. The molecule has 0 aliphatic rings. The molecule has 7 nitrogen and oxygen atoms in total. The number of nitrogens with zero attached hydrogens (tertiary/aromatic N) is 2. The van der Waals surface area contributed by atoms with Gasteiger partial charge in [-0.2, -0.15) is 0 Å². The number of aryl methyl sites for hydroxylation is 1. The first-order valence-electron chi connectivity index (χ1n) is 9.87. The van der Waals surface area contributed by atoms with Crippen molar-refractivity contribution in [2.24, 2.45) is 0 Å². The lowest BCUT2D eigenvalue weighted by Crippen LogP contribution is -2.20. The number of benzene rings is 2. The third kappa shape index (κ3) is 4.31. The largest absolute Gasteiger partial charge is 0.355 e. The highest BCUT2D eigenvalue weighted by Crippen LogP contribution is 2.29. The number of anilines is 3. The van der Waals surface area contributed by atoms with Gasteiger partial charge in [-0.15, -0.1) is 0 Å². The fourth-order valence-electron chi connectivity index (χ4n) is 3.28. The predicted octanol–water partition coefficient (Wildman–Crippen LogP) is 5.06. The van der Waals surface area contributed by atoms with Gasteiger partial charge in [0, 0.05) is 35.0 Å². The summed E-state index contributed by atoms with van der Waals surface area (Å²) in [6, 6.07) is 16.6. The highest BCUT2D eigenvalue weighted by Gasteiger charge is 2.17. The Hall–Kier alpha value is -3.78. The molecular formula is C24H20BrN5O2. The maximum atomic E-state index is 13.2. The van der Waals surface area contributed by atoms with E-state index in [1.54, 1.807) is 25.4 Å². The minimum Gasteiger partial charge on any atom is -0.355 e. The van der Waals surface area contributed by atoms with Crippen LogP contribution < -0.4 is 16.0 Å². The van der Waals surface area contributed by atoms with Gasteiger partial charge in [0.05, 0.1) is 22.3 Å². The highest BCUT2D eigenvalue weighted by molar-refractivity contribution is 9.10. The van der Waals surface area contributed by atoms with Crippen molar-refractivity contribution in [3.05, 3.63) is 88.2 Å². The number of rotatable bonds is 5. The summed E-state index contributed by atoms with van der Waals surface area (Å²) < 4.78 is 0.849. The van der Waals surface area contributed by atoms with Crippen molar-refractivity contribution in [2.45, 2.75) is 6.92 Å². The van der Waals surface area contributed by atoms with Crippen molar-refractivity contribution in [1.29, 1.82) is 0 Å². The molecule has 0 aliphatic heterocycles. The predicted molar refractivity (Wildman–Crippen MR) is 129 cm³/mol. The summed E-state index contributed by atoms with van der Waals surface area (Å²) in [5.74, 6) is -0.231. The lowest BCUT2D eigenvalue weighted by molar-refractivity contribution is 0.0961. The van der Waals surface area contributed by atoms with Crippen LogP contribution >= 0.6 is 15.9 Å². The number of halogens is 1. The van der Waals surface area contributed by atoms with Gasteiger partial charge in [0.15, 0.2) is 5.82 Å². The number of aromatic nitrogens is 2. The van der Waals surface area contributed by atoms with Crippen LogP contribution in [0.5, 0.6) is 0 Å². The molecule has 2 aromatic heterocycles. The monoisotopic (exact) mass is 489 g/mol. The Morgan fingerprint density at radius 1 is 0.938 bits per heavy atom. The Balaban J connectivity index is 1.74. The van der Waals surface area contributed by atoms with Crippen LogP contribution in [0.25, 0.3) is 10.9 Å². The van der Waals surface area contributed by atoms with Crippen molar-refractivity contribution >= 4 is 55.8 Å². The third-order valence-corrected chi connectivity index (χ3v) is 5.68. The molecule has 2 aromatic carbocycles. The summed E-state index contributed by atoms with van der Waals surface area (Å²) in [5, 5.41) is 9.55. The van der Waals surface area contributed by atoms with Crippen LogP contribution in [0.1, 0.15) is 26.3 Å². The van der Waals surface area contributed by atoms with Gasteiger partial charge in [-0.25, -0.2) is 4.98 Å². The lowest BCUT2D eigenvalue weighted by Gasteiger charge is -2.15. The zero-order valence-corrected chi connectivity index (χ0v) is 19.0. The SMILES string of the molecule is CNC(=O)c1cnc(Nc2ccccc2C)c(NC(=O)c2ccc(Br)c3cccnc23)c1. The van der Waals surface area contributed by atoms with Crippen LogP contribution in [0.4, 0.5) is 17.2 Å². The molecule has 0 fully saturated rings. The van der Waals surface area contributed by atoms with Crippen LogP contribution in [-0.4, -0.2) is 28.8 Å². The minimum atomic E-state index is -0.357. The van der Waals surface area contributed by atoms with E-state index in [1.165, 1.54) is 6.20 Å². The second-order valence-corrected chi connectivity index (χ2v) is 7.94. The average Bonchev–Trinajstić information content (AvgIpc) is 2.81. The quantitative estimate of drug-likeness (QED) is 0.364. The van der Waals surface area contributed by atoms with Crippen LogP contribution in [0, 0.1) is 6.92 Å². The van der Waals surface area contributed by atoms with E-state index in [2.05, 4.69) is 41.8 Å². The fraction of sp³-hybridized carbons (Fsp3) is 0.0833.